The van der Waals surface area contributed by atoms with Crippen LogP contribution in [-0.4, -0.2) is 35.1 Å². The van der Waals surface area contributed by atoms with E-state index in [0.717, 1.165) is 19.3 Å². The number of halogens is 2. The Balaban J connectivity index is 2.25. The van der Waals surface area contributed by atoms with Crippen LogP contribution < -0.4 is 5.73 Å². The number of rotatable bonds is 4. The summed E-state index contributed by atoms with van der Waals surface area (Å²) in [4.78, 5) is 14.1. The van der Waals surface area contributed by atoms with Crippen molar-refractivity contribution in [3.63, 3.8) is 0 Å². The van der Waals surface area contributed by atoms with Crippen LogP contribution in [-0.2, 0) is 0 Å². The molecule has 1 saturated carbocycles. The maximum Gasteiger partial charge on any atom is 0.254 e. The van der Waals surface area contributed by atoms with Gasteiger partial charge in [0.1, 0.15) is 0 Å². The summed E-state index contributed by atoms with van der Waals surface area (Å²) < 4.78 is 0. The smallest absolute Gasteiger partial charge is 0.254 e. The number of benzene rings is 1. The van der Waals surface area contributed by atoms with Gasteiger partial charge in [0.25, 0.3) is 5.91 Å². The second-order valence-corrected chi connectivity index (χ2v) is 5.45. The molecular formula is C13H16Cl2N2O2. The van der Waals surface area contributed by atoms with Crippen LogP contribution in [0.1, 0.15) is 29.6 Å². The summed E-state index contributed by atoms with van der Waals surface area (Å²) in [5.74, 6) is -0.163. The molecule has 1 aliphatic carbocycles. The first-order valence-corrected chi connectivity index (χ1v) is 6.96. The third-order valence-corrected chi connectivity index (χ3v) is 4.24. The highest BCUT2D eigenvalue weighted by Gasteiger charge is 2.29. The fourth-order valence-corrected chi connectivity index (χ4v) is 2.49. The molecule has 2 rings (SSSR count). The second kappa shape index (κ2) is 5.99. The Morgan fingerprint density at radius 1 is 1.42 bits per heavy atom. The van der Waals surface area contributed by atoms with Gasteiger partial charge >= 0.3 is 0 Å². The molecule has 1 aromatic rings. The van der Waals surface area contributed by atoms with Crippen molar-refractivity contribution in [1.29, 1.82) is 0 Å². The number of amides is 1. The number of carbonyl (C=O) groups excluding carboxylic acids is 1. The lowest BCUT2D eigenvalue weighted by Gasteiger charge is -2.37. The lowest BCUT2D eigenvalue weighted by atomic mass is 9.91. The average Bonchev–Trinajstić information content (AvgIpc) is 2.31. The van der Waals surface area contributed by atoms with Crippen LogP contribution >= 0.6 is 23.2 Å². The summed E-state index contributed by atoms with van der Waals surface area (Å²) in [5.41, 5.74) is 6.42. The molecule has 3 N–H and O–H groups in total. The molecule has 104 valence electrons. The number of nitrogen functional groups attached to an aromatic ring is 1. The van der Waals surface area contributed by atoms with E-state index in [4.69, 9.17) is 34.0 Å². The summed E-state index contributed by atoms with van der Waals surface area (Å²) in [5, 5.41) is 9.61. The Kier molecular flexibility index (Phi) is 4.55. The van der Waals surface area contributed by atoms with Crippen molar-refractivity contribution in [3.05, 3.63) is 27.7 Å². The maximum atomic E-state index is 12.4. The molecule has 1 aromatic carbocycles. The summed E-state index contributed by atoms with van der Waals surface area (Å²) in [6.07, 6.45) is 3.06. The van der Waals surface area contributed by atoms with Gasteiger partial charge in [-0.15, -0.1) is 0 Å². The van der Waals surface area contributed by atoms with Crippen molar-refractivity contribution in [2.75, 3.05) is 18.9 Å². The molecule has 1 fully saturated rings. The van der Waals surface area contributed by atoms with E-state index in [-0.39, 0.29) is 34.3 Å². The van der Waals surface area contributed by atoms with E-state index in [1.807, 2.05) is 0 Å². The first kappa shape index (κ1) is 14.4. The van der Waals surface area contributed by atoms with E-state index in [0.29, 0.717) is 12.1 Å². The van der Waals surface area contributed by atoms with Gasteiger partial charge in [0, 0.05) is 18.2 Å². The van der Waals surface area contributed by atoms with Crippen molar-refractivity contribution in [3.8, 4) is 0 Å². The fourth-order valence-electron chi connectivity index (χ4n) is 2.16. The number of aliphatic hydroxyl groups excluding tert-OH is 1. The molecule has 0 aliphatic heterocycles. The summed E-state index contributed by atoms with van der Waals surface area (Å²) >= 11 is 11.8. The summed E-state index contributed by atoms with van der Waals surface area (Å²) in [7, 11) is 0. The zero-order valence-corrected chi connectivity index (χ0v) is 11.9. The van der Waals surface area contributed by atoms with Crippen molar-refractivity contribution >= 4 is 34.8 Å². The zero-order valence-electron chi connectivity index (χ0n) is 10.4. The van der Waals surface area contributed by atoms with E-state index >= 15 is 0 Å². The van der Waals surface area contributed by atoms with Crippen LogP contribution in [0.5, 0.6) is 0 Å². The fraction of sp³-hybridized carbons (Fsp3) is 0.462. The second-order valence-electron chi connectivity index (χ2n) is 4.67. The third-order valence-electron chi connectivity index (χ3n) is 3.42. The van der Waals surface area contributed by atoms with Gasteiger partial charge in [0.05, 0.1) is 22.3 Å². The number of aliphatic hydroxyl groups is 1. The predicted molar refractivity (Wildman–Crippen MR) is 76.6 cm³/mol. The van der Waals surface area contributed by atoms with E-state index in [1.54, 1.807) is 4.90 Å². The summed E-state index contributed by atoms with van der Waals surface area (Å²) in [6, 6.07) is 3.25. The monoisotopic (exact) mass is 302 g/mol. The Morgan fingerprint density at radius 2 is 2.11 bits per heavy atom. The molecule has 0 spiro atoms. The SMILES string of the molecule is Nc1cc(C(=O)N(CCO)C2CCC2)cc(Cl)c1Cl. The number of carbonyl (C=O) groups is 1. The van der Waals surface area contributed by atoms with Crippen molar-refractivity contribution in [1.82, 2.24) is 4.90 Å². The first-order valence-electron chi connectivity index (χ1n) is 6.21. The minimum absolute atomic E-state index is 0.0565. The third kappa shape index (κ3) is 2.96. The van der Waals surface area contributed by atoms with Crippen molar-refractivity contribution < 1.29 is 9.90 Å². The van der Waals surface area contributed by atoms with Gasteiger partial charge in [0.2, 0.25) is 0 Å². The predicted octanol–water partition coefficient (Wildman–Crippen LogP) is 2.56. The molecule has 4 nitrogen and oxygen atoms in total. The number of hydrogen-bond donors (Lipinski definition) is 2. The zero-order chi connectivity index (χ0) is 14.0. The van der Waals surface area contributed by atoms with E-state index in [1.165, 1.54) is 12.1 Å². The minimum Gasteiger partial charge on any atom is -0.397 e. The van der Waals surface area contributed by atoms with E-state index in [9.17, 15) is 4.79 Å². The van der Waals surface area contributed by atoms with Crippen molar-refractivity contribution in [2.24, 2.45) is 0 Å². The van der Waals surface area contributed by atoms with Gasteiger partial charge in [0.15, 0.2) is 0 Å². The highest BCUT2D eigenvalue weighted by atomic mass is 35.5. The molecule has 0 aromatic heterocycles. The number of nitrogens with two attached hydrogens (primary N) is 1. The van der Waals surface area contributed by atoms with Crippen molar-refractivity contribution in [2.45, 2.75) is 25.3 Å². The molecule has 0 bridgehead atoms. The van der Waals surface area contributed by atoms with Crippen LogP contribution in [0.15, 0.2) is 12.1 Å². The summed E-state index contributed by atoms with van der Waals surface area (Å²) in [6.45, 7) is 0.267. The molecule has 0 atom stereocenters. The van der Waals surface area contributed by atoms with Crippen LogP contribution in [0, 0.1) is 0 Å². The average molecular weight is 303 g/mol. The number of nitrogens with zero attached hydrogens (tertiary/aromatic N) is 1. The quantitative estimate of drug-likeness (QED) is 0.840. The minimum atomic E-state index is -0.163. The molecule has 1 amide bonds. The largest absolute Gasteiger partial charge is 0.397 e. The van der Waals surface area contributed by atoms with Crippen LogP contribution in [0.3, 0.4) is 0 Å². The Hall–Kier alpha value is -0.970. The first-order chi connectivity index (χ1) is 9.04. The van der Waals surface area contributed by atoms with Gasteiger partial charge in [-0.3, -0.25) is 4.79 Å². The van der Waals surface area contributed by atoms with E-state index < -0.39 is 0 Å². The van der Waals surface area contributed by atoms with Gasteiger partial charge in [-0.2, -0.15) is 0 Å². The maximum absolute atomic E-state index is 12.4. The highest BCUT2D eigenvalue weighted by Crippen LogP contribution is 2.31. The number of hydrogen-bond acceptors (Lipinski definition) is 3. The van der Waals surface area contributed by atoms with Crippen LogP contribution in [0.25, 0.3) is 0 Å². The molecular weight excluding hydrogens is 287 g/mol. The van der Waals surface area contributed by atoms with Crippen LogP contribution in [0.4, 0.5) is 5.69 Å². The van der Waals surface area contributed by atoms with Gasteiger partial charge in [-0.05, 0) is 31.4 Å². The molecule has 0 radical (unpaired) electrons. The lowest BCUT2D eigenvalue weighted by Crippen LogP contribution is -2.45. The Morgan fingerprint density at radius 3 is 2.58 bits per heavy atom. The molecule has 0 saturated heterocycles. The number of anilines is 1. The highest BCUT2D eigenvalue weighted by molar-refractivity contribution is 6.43. The van der Waals surface area contributed by atoms with Gasteiger partial charge in [-0.1, -0.05) is 23.2 Å². The topological polar surface area (TPSA) is 66.6 Å². The standard InChI is InChI=1S/C13H16Cl2N2O2/c14-10-6-8(7-11(16)12(10)15)13(19)17(4-5-18)9-2-1-3-9/h6-7,9,18H,1-5,16H2. The molecule has 6 heteroatoms. The van der Waals surface area contributed by atoms with Crippen LogP contribution in [0.2, 0.25) is 10.0 Å². The normalized spacial score (nSPS) is 15.1. The molecule has 19 heavy (non-hydrogen) atoms. The van der Waals surface area contributed by atoms with Gasteiger partial charge < -0.3 is 15.7 Å². The molecule has 0 heterocycles. The Bertz CT molecular complexity index is 467. The lowest BCUT2D eigenvalue weighted by molar-refractivity contribution is 0.0526. The van der Waals surface area contributed by atoms with Gasteiger partial charge in [-0.25, -0.2) is 0 Å². The van der Waals surface area contributed by atoms with E-state index in [2.05, 4.69) is 0 Å². The Labute approximate surface area is 122 Å². The molecule has 1 aliphatic rings. The molecule has 0 unspecified atom stereocenters.